The lowest BCUT2D eigenvalue weighted by Crippen LogP contribution is -2.41. The first-order chi connectivity index (χ1) is 28.6. The smallest absolute Gasteiger partial charge is 0.480 e. The number of non-ortho nitro benzene ring substituents is 1. The van der Waals surface area contributed by atoms with Gasteiger partial charge in [-0.3, -0.25) is 14.9 Å². The molecule has 0 saturated heterocycles. The molecule has 0 spiro atoms. The Kier molecular flexibility index (Phi) is 21.6. The van der Waals surface area contributed by atoms with Gasteiger partial charge in [-0.15, -0.1) is 0 Å². The van der Waals surface area contributed by atoms with E-state index in [4.69, 9.17) is 14.2 Å². The molecule has 3 aromatic carbocycles. The molecule has 1 atom stereocenters. The average Bonchev–Trinajstić information content (AvgIpc) is 4.07. The van der Waals surface area contributed by atoms with Gasteiger partial charge in [-0.05, 0) is 72.9 Å². The third-order valence-corrected chi connectivity index (χ3v) is 8.76. The number of fused-ring (bicyclic) bond motifs is 3. The molecule has 13 nitrogen and oxygen atoms in total. The van der Waals surface area contributed by atoms with E-state index in [0.29, 0.717) is 38.7 Å². The number of unbranched alkanes of at least 4 members (excludes halogenated alkanes) is 2. The van der Waals surface area contributed by atoms with Crippen molar-refractivity contribution in [3.05, 3.63) is 143 Å². The van der Waals surface area contributed by atoms with E-state index in [2.05, 4.69) is 70.8 Å². The number of nitro benzene ring substituents is 1. The van der Waals surface area contributed by atoms with Crippen molar-refractivity contribution in [1.82, 2.24) is 5.32 Å². The Hall–Kier alpha value is -6.50. The van der Waals surface area contributed by atoms with Crippen LogP contribution >= 0.6 is 0 Å². The molecule has 6 rings (SSSR count). The number of hydrogen-bond acceptors (Lipinski definition) is 10. The van der Waals surface area contributed by atoms with Gasteiger partial charge in [-0.1, -0.05) is 124 Å². The van der Waals surface area contributed by atoms with Gasteiger partial charge in [0.2, 0.25) is 0 Å². The van der Waals surface area contributed by atoms with Crippen LogP contribution in [0.3, 0.4) is 0 Å². The first-order valence-electron chi connectivity index (χ1n) is 19.9. The number of aliphatic carboxylic acids is 1. The summed E-state index contributed by atoms with van der Waals surface area (Å²) >= 11 is 0. The number of allylic oxidation sites excluding steroid dienone is 8. The van der Waals surface area contributed by atoms with Gasteiger partial charge in [0, 0.05) is 24.5 Å². The zero-order valence-electron chi connectivity index (χ0n) is 33.7. The zero-order chi connectivity index (χ0) is 42.7. The molecule has 1 amide bonds. The van der Waals surface area contributed by atoms with Gasteiger partial charge in [0.05, 0.1) is 18.1 Å². The number of rotatable bonds is 16. The van der Waals surface area contributed by atoms with Crippen LogP contribution in [0.2, 0.25) is 0 Å². The highest BCUT2D eigenvalue weighted by Gasteiger charge is 2.29. The van der Waals surface area contributed by atoms with Crippen LogP contribution < -0.4 is 10.1 Å². The van der Waals surface area contributed by atoms with Gasteiger partial charge >= 0.3 is 24.2 Å². The second-order valence-corrected chi connectivity index (χ2v) is 13.3. The van der Waals surface area contributed by atoms with E-state index in [1.165, 1.54) is 24.3 Å². The molecule has 59 heavy (non-hydrogen) atoms. The number of nitrogens with zero attached hydrogens (tertiary/aromatic N) is 1. The maximum atomic E-state index is 12.4. The summed E-state index contributed by atoms with van der Waals surface area (Å²) in [5.74, 6) is -1.21. The van der Waals surface area contributed by atoms with Crippen LogP contribution in [0.5, 0.6) is 5.75 Å². The predicted octanol–water partition coefficient (Wildman–Crippen LogP) is 10.4. The van der Waals surface area contributed by atoms with Crippen molar-refractivity contribution < 1.29 is 48.2 Å². The molecular weight excluding hydrogens is 757 g/mol. The second-order valence-electron chi connectivity index (χ2n) is 13.3. The van der Waals surface area contributed by atoms with Gasteiger partial charge in [-0.25, -0.2) is 14.4 Å². The molecule has 3 aromatic rings. The van der Waals surface area contributed by atoms with Gasteiger partial charge in [-0.2, -0.15) is 0 Å². The number of carbonyl (C=O) groups excluding carboxylic acids is 3. The number of carboxylic acids is 1. The topological polar surface area (TPSA) is 181 Å². The van der Waals surface area contributed by atoms with Crippen molar-refractivity contribution in [3.63, 3.8) is 0 Å². The molecule has 314 valence electrons. The first kappa shape index (κ1) is 46.9. The quantitative estimate of drug-likeness (QED) is 0.0351. The van der Waals surface area contributed by atoms with Gasteiger partial charge in [0.15, 0.2) is 0 Å². The minimum absolute atomic E-state index is 0.0609. The number of carboxylic acid groups (broad SMARTS) is 1. The molecule has 0 fully saturated rings. The minimum atomic E-state index is -1.11. The summed E-state index contributed by atoms with van der Waals surface area (Å²) in [6, 6.07) is 20.2. The van der Waals surface area contributed by atoms with E-state index in [0.717, 1.165) is 41.5 Å². The van der Waals surface area contributed by atoms with Crippen LogP contribution in [-0.2, 0) is 23.8 Å². The molecule has 0 saturated carbocycles. The Balaban J connectivity index is 0.000000290. The third kappa shape index (κ3) is 17.7. The highest BCUT2D eigenvalue weighted by molar-refractivity contribution is 5.81. The summed E-state index contributed by atoms with van der Waals surface area (Å²) in [7, 11) is 0. The molecule has 0 heterocycles. The number of nitrogens with one attached hydrogen (secondary N) is 1. The number of amides is 1. The summed E-state index contributed by atoms with van der Waals surface area (Å²) in [5, 5.41) is 22.3. The minimum Gasteiger partial charge on any atom is -0.480 e. The van der Waals surface area contributed by atoms with Crippen LogP contribution in [0.1, 0.15) is 88.7 Å². The number of benzene rings is 3. The van der Waals surface area contributed by atoms with Crippen LogP contribution in [0.15, 0.2) is 121 Å². The lowest BCUT2D eigenvalue weighted by molar-refractivity contribution is -0.384. The fourth-order valence-corrected chi connectivity index (χ4v) is 5.86. The van der Waals surface area contributed by atoms with Gasteiger partial charge < -0.3 is 29.4 Å². The van der Waals surface area contributed by atoms with Crippen molar-refractivity contribution in [2.75, 3.05) is 19.8 Å². The largest absolute Gasteiger partial charge is 0.513 e. The highest BCUT2D eigenvalue weighted by atomic mass is 16.7. The summed E-state index contributed by atoms with van der Waals surface area (Å²) in [6.45, 7) is 4.63. The van der Waals surface area contributed by atoms with E-state index in [1.54, 1.807) is 0 Å². The fourth-order valence-electron chi connectivity index (χ4n) is 5.86. The SMILES string of the molecule is C1=CCC=C1.C1=CCC=C1.CCCOC(=O)CCCCC[C@H](NC(=O)OCC1c2ccccc2-c2ccccc21)C(=O)O.CCCOC(=O)Oc1ccc([N+](=O)[O-])cc1. The van der Waals surface area contributed by atoms with E-state index in [1.807, 2.05) is 50.2 Å². The molecule has 0 bridgehead atoms. The molecule has 2 N–H and O–H groups in total. The molecule has 0 unspecified atom stereocenters. The van der Waals surface area contributed by atoms with Gasteiger partial charge in [0.25, 0.3) is 5.69 Å². The molecule has 13 heteroatoms. The zero-order valence-corrected chi connectivity index (χ0v) is 33.7. The maximum absolute atomic E-state index is 12.4. The van der Waals surface area contributed by atoms with E-state index in [-0.39, 0.29) is 43.0 Å². The number of nitro groups is 1. The maximum Gasteiger partial charge on any atom is 0.513 e. The molecule has 3 aliphatic rings. The Morgan fingerprint density at radius 1 is 0.746 bits per heavy atom. The highest BCUT2D eigenvalue weighted by Crippen LogP contribution is 2.44. The monoisotopic (exact) mass is 810 g/mol. The molecular formula is C46H54N2O11. The van der Waals surface area contributed by atoms with Gasteiger partial charge in [0.1, 0.15) is 18.4 Å². The fraction of sp³-hybridized carbons (Fsp3) is 0.348. The Bertz CT molecular complexity index is 1830. The summed E-state index contributed by atoms with van der Waals surface area (Å²) in [4.78, 5) is 56.3. The number of hydrogen-bond donors (Lipinski definition) is 2. The van der Waals surface area contributed by atoms with Crippen molar-refractivity contribution in [2.24, 2.45) is 0 Å². The number of ether oxygens (including phenoxy) is 4. The van der Waals surface area contributed by atoms with Crippen LogP contribution in [0.25, 0.3) is 11.1 Å². The lowest BCUT2D eigenvalue weighted by Gasteiger charge is -2.17. The third-order valence-electron chi connectivity index (χ3n) is 8.76. The van der Waals surface area contributed by atoms with Crippen molar-refractivity contribution >= 4 is 29.9 Å². The summed E-state index contributed by atoms with van der Waals surface area (Å²) in [6.07, 6.45) is 21.4. The Labute approximate surface area is 345 Å². The lowest BCUT2D eigenvalue weighted by atomic mass is 9.98. The van der Waals surface area contributed by atoms with Crippen LogP contribution in [-0.4, -0.2) is 60.1 Å². The van der Waals surface area contributed by atoms with E-state index in [9.17, 15) is 34.4 Å². The van der Waals surface area contributed by atoms with Crippen molar-refractivity contribution in [1.29, 1.82) is 0 Å². The second kappa shape index (κ2) is 27.2. The summed E-state index contributed by atoms with van der Waals surface area (Å²) < 4.78 is 19.9. The Morgan fingerprint density at radius 2 is 1.29 bits per heavy atom. The molecule has 0 aliphatic heterocycles. The Morgan fingerprint density at radius 3 is 1.78 bits per heavy atom. The molecule has 3 aliphatic carbocycles. The van der Waals surface area contributed by atoms with Crippen molar-refractivity contribution in [2.45, 2.75) is 83.6 Å². The average molecular weight is 811 g/mol. The molecule has 0 radical (unpaired) electrons. The van der Waals surface area contributed by atoms with E-state index >= 15 is 0 Å². The van der Waals surface area contributed by atoms with Crippen LogP contribution in [0, 0.1) is 10.1 Å². The number of carbonyl (C=O) groups is 4. The number of esters is 1. The van der Waals surface area contributed by atoms with E-state index < -0.39 is 29.2 Å². The standard InChI is InChI=1S/C26H31NO6.C10H11NO5.2C5H6/c1-2-16-32-24(28)15-5-3-4-14-23(25(29)30)27-26(31)33-17-22-20-12-8-6-10-18(20)19-11-7-9-13-21(19)22;1-2-7-15-10(12)16-9-5-3-8(4-6-9)11(13)14;2*1-2-4-5-3-1/h6-13,22-23H,2-5,14-17H2,1H3,(H,27,31)(H,29,30);3-6H,2,7H2,1H3;2*1-4H,5H2/t23-;;;/m0.../s1. The first-order valence-corrected chi connectivity index (χ1v) is 19.9. The molecule has 0 aromatic heterocycles. The van der Waals surface area contributed by atoms with Crippen LogP contribution in [0.4, 0.5) is 15.3 Å². The summed E-state index contributed by atoms with van der Waals surface area (Å²) in [5.41, 5.74) is 4.39. The van der Waals surface area contributed by atoms with Crippen molar-refractivity contribution in [3.8, 4) is 16.9 Å². The number of alkyl carbamates (subject to hydrolysis) is 1. The normalized spacial score (nSPS) is 12.8. The predicted molar refractivity (Wildman–Crippen MR) is 225 cm³/mol.